The van der Waals surface area contributed by atoms with Crippen LogP contribution in [0.1, 0.15) is 69.1 Å². The van der Waals surface area contributed by atoms with Crippen molar-refractivity contribution in [2.24, 2.45) is 0 Å². The van der Waals surface area contributed by atoms with E-state index >= 15 is 0 Å². The van der Waals surface area contributed by atoms with Gasteiger partial charge in [-0.25, -0.2) is 0 Å². The first-order valence-corrected chi connectivity index (χ1v) is 10.1. The van der Waals surface area contributed by atoms with Crippen LogP contribution in [0, 0.1) is 0 Å². The van der Waals surface area contributed by atoms with Crippen molar-refractivity contribution in [3.63, 3.8) is 0 Å². The molecule has 2 aliphatic rings. The molecule has 2 fully saturated rings. The van der Waals surface area contributed by atoms with E-state index in [9.17, 15) is 9.59 Å². The lowest BCUT2D eigenvalue weighted by molar-refractivity contribution is -0.144. The molecular weight excluding hydrogens is 344 g/mol. The normalized spacial score (nSPS) is 19.0. The number of ether oxygens (including phenoxy) is 1. The second kappa shape index (κ2) is 8.00. The van der Waals surface area contributed by atoms with E-state index in [1.54, 1.807) is 0 Å². The Morgan fingerprint density at radius 3 is 2.56 bits per heavy atom. The lowest BCUT2D eigenvalue weighted by atomic mass is 10.1. The van der Waals surface area contributed by atoms with Gasteiger partial charge in [0.1, 0.15) is 5.69 Å². The van der Waals surface area contributed by atoms with Gasteiger partial charge in [0.2, 0.25) is 0 Å². The molecule has 1 aromatic rings. The molecule has 1 saturated heterocycles. The molecule has 1 amide bonds. The average molecular weight is 377 g/mol. The second-order valence-corrected chi connectivity index (χ2v) is 8.54. The topological polar surface area (TPSA) is 67.7 Å². The summed E-state index contributed by atoms with van der Waals surface area (Å²) in [5.74, 6) is 0.365. The van der Waals surface area contributed by atoms with E-state index in [2.05, 4.69) is 25.7 Å². The molecule has 0 bridgehead atoms. The first kappa shape index (κ1) is 19.9. The lowest BCUT2D eigenvalue weighted by Gasteiger charge is -2.26. The Bertz CT molecular complexity index is 688. The molecule has 3 rings (SSSR count). The molecule has 27 heavy (non-hydrogen) atoms. The predicted octanol–water partition coefficient (Wildman–Crippen LogP) is 2.23. The van der Waals surface area contributed by atoms with Gasteiger partial charge in [0.05, 0.1) is 24.4 Å². The molecule has 0 N–H and O–H groups in total. The summed E-state index contributed by atoms with van der Waals surface area (Å²) in [7, 11) is 0. The first-order chi connectivity index (χ1) is 12.8. The van der Waals surface area contributed by atoms with Gasteiger partial charge in [0.15, 0.2) is 0 Å². The van der Waals surface area contributed by atoms with Gasteiger partial charge >= 0.3 is 5.97 Å². The first-order valence-electron chi connectivity index (χ1n) is 10.1. The van der Waals surface area contributed by atoms with Crippen molar-refractivity contribution in [1.82, 2.24) is 19.6 Å². The number of carbonyl (C=O) groups is 2. The van der Waals surface area contributed by atoms with Gasteiger partial charge < -0.3 is 9.64 Å². The fourth-order valence-corrected chi connectivity index (χ4v) is 3.53. The highest BCUT2D eigenvalue weighted by Crippen LogP contribution is 2.40. The minimum absolute atomic E-state index is 0.0438. The van der Waals surface area contributed by atoms with Crippen LogP contribution >= 0.6 is 0 Å². The summed E-state index contributed by atoms with van der Waals surface area (Å²) >= 11 is 0. The minimum Gasteiger partial charge on any atom is -0.465 e. The Kier molecular flexibility index (Phi) is 5.89. The fraction of sp³-hybridized carbons (Fsp3) is 0.750. The van der Waals surface area contributed by atoms with Crippen LogP contribution in [0.15, 0.2) is 6.07 Å². The van der Waals surface area contributed by atoms with Crippen molar-refractivity contribution >= 4 is 11.9 Å². The molecule has 0 spiro atoms. The van der Waals surface area contributed by atoms with Gasteiger partial charge in [-0.15, -0.1) is 0 Å². The maximum atomic E-state index is 13.3. The number of nitrogens with zero attached hydrogens (tertiary/aromatic N) is 4. The molecule has 1 saturated carbocycles. The van der Waals surface area contributed by atoms with E-state index < -0.39 is 0 Å². The molecule has 1 aromatic heterocycles. The molecule has 150 valence electrons. The summed E-state index contributed by atoms with van der Waals surface area (Å²) in [5, 5.41) is 4.76. The van der Waals surface area contributed by atoms with Crippen LogP contribution < -0.4 is 0 Å². The smallest absolute Gasteiger partial charge is 0.320 e. The molecule has 1 aliphatic carbocycles. The van der Waals surface area contributed by atoms with Crippen molar-refractivity contribution in [3.05, 3.63) is 17.5 Å². The van der Waals surface area contributed by atoms with Crippen molar-refractivity contribution in [3.8, 4) is 0 Å². The van der Waals surface area contributed by atoms with E-state index in [-0.39, 0.29) is 17.4 Å². The van der Waals surface area contributed by atoms with Gasteiger partial charge in [-0.2, -0.15) is 5.10 Å². The standard InChI is InChI=1S/C20H32N4O3/c1-5-27-18(25)14-22-9-6-10-23(12-11-22)19(26)17-13-16(15-7-8-15)21-24(17)20(2,3)4/h13,15H,5-12,14H2,1-4H3. The number of hydrogen-bond donors (Lipinski definition) is 0. The Morgan fingerprint density at radius 2 is 1.93 bits per heavy atom. The maximum absolute atomic E-state index is 13.3. The van der Waals surface area contributed by atoms with Gasteiger partial charge in [-0.1, -0.05) is 0 Å². The van der Waals surface area contributed by atoms with Crippen molar-refractivity contribution in [2.45, 2.75) is 58.4 Å². The Morgan fingerprint density at radius 1 is 1.19 bits per heavy atom. The number of carbonyl (C=O) groups excluding carboxylic acids is 2. The molecule has 0 unspecified atom stereocenters. The predicted molar refractivity (Wildman–Crippen MR) is 103 cm³/mol. The Labute approximate surface area is 161 Å². The number of amides is 1. The van der Waals surface area contributed by atoms with E-state index in [4.69, 9.17) is 9.84 Å². The number of esters is 1. The number of aromatic nitrogens is 2. The quantitative estimate of drug-likeness (QED) is 0.737. The van der Waals surface area contributed by atoms with Gasteiger partial charge in [-0.3, -0.25) is 19.2 Å². The summed E-state index contributed by atoms with van der Waals surface area (Å²) in [6, 6.07) is 1.99. The van der Waals surface area contributed by atoms with Gasteiger partial charge in [0, 0.05) is 32.1 Å². The maximum Gasteiger partial charge on any atom is 0.320 e. The van der Waals surface area contributed by atoms with Gasteiger partial charge in [0.25, 0.3) is 5.91 Å². The van der Waals surface area contributed by atoms with E-state index in [0.717, 1.165) is 18.7 Å². The fourth-order valence-electron chi connectivity index (χ4n) is 3.53. The van der Waals surface area contributed by atoms with Crippen LogP contribution in [0.3, 0.4) is 0 Å². The lowest BCUT2D eigenvalue weighted by Crippen LogP contribution is -2.39. The van der Waals surface area contributed by atoms with Crippen LogP contribution in [-0.2, 0) is 15.1 Å². The molecular formula is C20H32N4O3. The highest BCUT2D eigenvalue weighted by molar-refractivity contribution is 5.93. The van der Waals surface area contributed by atoms with Crippen LogP contribution in [0.4, 0.5) is 0 Å². The van der Waals surface area contributed by atoms with Crippen LogP contribution in [0.2, 0.25) is 0 Å². The third-order valence-electron chi connectivity index (χ3n) is 5.11. The number of rotatable bonds is 5. The summed E-state index contributed by atoms with van der Waals surface area (Å²) in [6.45, 7) is 11.6. The molecule has 0 aromatic carbocycles. The monoisotopic (exact) mass is 376 g/mol. The molecule has 0 atom stereocenters. The minimum atomic E-state index is -0.236. The Hall–Kier alpha value is -1.89. The SMILES string of the molecule is CCOC(=O)CN1CCCN(C(=O)c2cc(C3CC3)nn2C(C)(C)C)CC1. The zero-order chi connectivity index (χ0) is 19.6. The van der Waals surface area contributed by atoms with Crippen LogP contribution in [-0.4, -0.2) is 70.8 Å². The molecule has 7 nitrogen and oxygen atoms in total. The van der Waals surface area contributed by atoms with Crippen LogP contribution in [0.5, 0.6) is 0 Å². The molecule has 1 aliphatic heterocycles. The summed E-state index contributed by atoms with van der Waals surface area (Å²) in [6.07, 6.45) is 3.19. The van der Waals surface area contributed by atoms with E-state index in [1.165, 1.54) is 12.8 Å². The molecule has 2 heterocycles. The van der Waals surface area contributed by atoms with Crippen molar-refractivity contribution < 1.29 is 14.3 Å². The van der Waals surface area contributed by atoms with Crippen molar-refractivity contribution in [2.75, 3.05) is 39.3 Å². The third-order valence-corrected chi connectivity index (χ3v) is 5.11. The van der Waals surface area contributed by atoms with E-state index in [1.807, 2.05) is 22.6 Å². The second-order valence-electron chi connectivity index (χ2n) is 8.54. The highest BCUT2D eigenvalue weighted by Gasteiger charge is 2.33. The summed E-state index contributed by atoms with van der Waals surface area (Å²) < 4.78 is 6.93. The molecule has 7 heteroatoms. The number of hydrogen-bond acceptors (Lipinski definition) is 5. The largest absolute Gasteiger partial charge is 0.465 e. The van der Waals surface area contributed by atoms with Crippen molar-refractivity contribution in [1.29, 1.82) is 0 Å². The summed E-state index contributed by atoms with van der Waals surface area (Å²) in [4.78, 5) is 29.0. The summed E-state index contributed by atoms with van der Waals surface area (Å²) in [5.41, 5.74) is 1.50. The Balaban J connectivity index is 1.70. The third kappa shape index (κ3) is 4.89. The van der Waals surface area contributed by atoms with Gasteiger partial charge in [-0.05, 0) is 53.0 Å². The molecule has 0 radical (unpaired) electrons. The zero-order valence-corrected chi connectivity index (χ0v) is 17.0. The zero-order valence-electron chi connectivity index (χ0n) is 17.0. The average Bonchev–Trinajstić information content (AvgIpc) is 3.37. The van der Waals surface area contributed by atoms with E-state index in [0.29, 0.717) is 44.4 Å². The van der Waals surface area contributed by atoms with Crippen LogP contribution in [0.25, 0.3) is 0 Å². The highest BCUT2D eigenvalue weighted by atomic mass is 16.5.